The van der Waals surface area contributed by atoms with Crippen LogP contribution in [-0.2, 0) is 21.7 Å². The second kappa shape index (κ2) is 5.82. The zero-order valence-corrected chi connectivity index (χ0v) is 12.3. The predicted molar refractivity (Wildman–Crippen MR) is 80.0 cm³/mol. The van der Waals surface area contributed by atoms with E-state index in [9.17, 15) is 9.18 Å². The van der Waals surface area contributed by atoms with Crippen LogP contribution >= 0.6 is 0 Å². The van der Waals surface area contributed by atoms with Crippen LogP contribution < -0.4 is 0 Å². The van der Waals surface area contributed by atoms with Crippen molar-refractivity contribution in [1.82, 2.24) is 0 Å². The van der Waals surface area contributed by atoms with E-state index in [2.05, 4.69) is 6.07 Å². The first kappa shape index (κ1) is 15.2. The van der Waals surface area contributed by atoms with Crippen LogP contribution in [0.1, 0.15) is 35.1 Å². The lowest BCUT2D eigenvalue weighted by Gasteiger charge is -2.30. The maximum absolute atomic E-state index is 13.2. The number of nitrogens with zero attached hydrogens (tertiary/aromatic N) is 1. The molecule has 1 heterocycles. The number of hydrogen-bond acceptors (Lipinski definition) is 3. The first-order valence-electron chi connectivity index (χ1n) is 7.20. The van der Waals surface area contributed by atoms with E-state index in [0.717, 1.165) is 11.1 Å². The van der Waals surface area contributed by atoms with Gasteiger partial charge >= 0.3 is 5.97 Å². The number of nitriles is 1. The van der Waals surface area contributed by atoms with E-state index in [1.165, 1.54) is 12.1 Å². The van der Waals surface area contributed by atoms with Crippen molar-refractivity contribution >= 4 is 5.97 Å². The fourth-order valence-corrected chi connectivity index (χ4v) is 3.05. The first-order chi connectivity index (χ1) is 11.0. The van der Waals surface area contributed by atoms with Gasteiger partial charge in [-0.05, 0) is 47.4 Å². The molecule has 0 radical (unpaired) electrons. The zero-order valence-electron chi connectivity index (χ0n) is 12.3. The van der Waals surface area contributed by atoms with Gasteiger partial charge < -0.3 is 9.84 Å². The second-order valence-corrected chi connectivity index (χ2v) is 5.50. The Kier molecular flexibility index (Phi) is 3.85. The summed E-state index contributed by atoms with van der Waals surface area (Å²) in [6.07, 6.45) is 0.170. The van der Waals surface area contributed by atoms with Gasteiger partial charge in [-0.2, -0.15) is 5.26 Å². The summed E-state index contributed by atoms with van der Waals surface area (Å²) in [4.78, 5) is 11.0. The molecule has 4 nitrogen and oxygen atoms in total. The number of rotatable bonds is 4. The van der Waals surface area contributed by atoms with E-state index in [-0.39, 0.29) is 18.7 Å². The maximum Gasteiger partial charge on any atom is 0.303 e. The highest BCUT2D eigenvalue weighted by Gasteiger charge is 2.42. The van der Waals surface area contributed by atoms with Crippen LogP contribution in [0.15, 0.2) is 42.5 Å². The molecule has 0 aliphatic carbocycles. The van der Waals surface area contributed by atoms with Gasteiger partial charge in [-0.15, -0.1) is 0 Å². The molecule has 1 aliphatic rings. The minimum Gasteiger partial charge on any atom is -0.481 e. The normalized spacial score (nSPS) is 19.1. The summed E-state index contributed by atoms with van der Waals surface area (Å²) in [5.41, 5.74) is 2.02. The molecule has 0 saturated heterocycles. The molecule has 0 unspecified atom stereocenters. The van der Waals surface area contributed by atoms with E-state index in [4.69, 9.17) is 15.1 Å². The Hall–Kier alpha value is -2.71. The van der Waals surface area contributed by atoms with E-state index < -0.39 is 11.6 Å². The quantitative estimate of drug-likeness (QED) is 0.940. The standard InChI is InChI=1S/C18H14FNO3/c19-15-4-2-14(3-5-15)18(8-7-17(21)22)16-6-1-12(10-20)9-13(16)11-23-18/h1-6,9H,7-8,11H2,(H,21,22)/t18-/m1/s1. The van der Waals surface area contributed by atoms with Gasteiger partial charge in [-0.1, -0.05) is 18.2 Å². The Balaban J connectivity index is 2.10. The van der Waals surface area contributed by atoms with E-state index in [1.807, 2.05) is 0 Å². The van der Waals surface area contributed by atoms with E-state index in [1.54, 1.807) is 30.3 Å². The molecule has 5 heteroatoms. The second-order valence-electron chi connectivity index (χ2n) is 5.50. The molecule has 0 amide bonds. The highest BCUT2D eigenvalue weighted by molar-refractivity contribution is 5.67. The van der Waals surface area contributed by atoms with Gasteiger partial charge in [0.15, 0.2) is 0 Å². The van der Waals surface area contributed by atoms with Crippen LogP contribution in [0.2, 0.25) is 0 Å². The minimum atomic E-state index is -0.921. The molecule has 0 spiro atoms. The van der Waals surface area contributed by atoms with Crippen LogP contribution in [-0.4, -0.2) is 11.1 Å². The number of hydrogen-bond donors (Lipinski definition) is 1. The van der Waals surface area contributed by atoms with Crippen LogP contribution in [0, 0.1) is 17.1 Å². The first-order valence-corrected chi connectivity index (χ1v) is 7.20. The molecule has 2 aromatic carbocycles. The van der Waals surface area contributed by atoms with Gasteiger partial charge in [0.1, 0.15) is 11.4 Å². The third kappa shape index (κ3) is 2.69. The number of carboxylic acid groups (broad SMARTS) is 1. The van der Waals surface area contributed by atoms with Crippen molar-refractivity contribution in [3.8, 4) is 6.07 Å². The molecule has 2 aromatic rings. The van der Waals surface area contributed by atoms with Crippen molar-refractivity contribution in [3.05, 3.63) is 70.5 Å². The Morgan fingerprint density at radius 3 is 2.70 bits per heavy atom. The van der Waals surface area contributed by atoms with E-state index in [0.29, 0.717) is 17.7 Å². The fraction of sp³-hybridized carbons (Fsp3) is 0.222. The van der Waals surface area contributed by atoms with Gasteiger partial charge in [0.2, 0.25) is 0 Å². The molecule has 0 fully saturated rings. The Bertz CT molecular complexity index is 795. The minimum absolute atomic E-state index is 0.0726. The van der Waals surface area contributed by atoms with Gasteiger partial charge in [0.05, 0.1) is 18.2 Å². The third-order valence-electron chi connectivity index (χ3n) is 4.14. The number of carbonyl (C=O) groups is 1. The summed E-state index contributed by atoms with van der Waals surface area (Å²) in [6, 6.07) is 13.2. The van der Waals surface area contributed by atoms with Crippen LogP contribution in [0.4, 0.5) is 4.39 Å². The molecule has 1 aliphatic heterocycles. The topological polar surface area (TPSA) is 70.3 Å². The highest BCUT2D eigenvalue weighted by atomic mass is 19.1. The number of carboxylic acids is 1. The molecular formula is C18H14FNO3. The van der Waals surface area contributed by atoms with E-state index >= 15 is 0 Å². The average molecular weight is 311 g/mol. The van der Waals surface area contributed by atoms with Crippen molar-refractivity contribution in [2.45, 2.75) is 25.0 Å². The van der Waals surface area contributed by atoms with Gasteiger partial charge in [0, 0.05) is 6.42 Å². The summed E-state index contributed by atoms with van der Waals surface area (Å²) < 4.78 is 19.2. The molecule has 1 N–H and O–H groups in total. The third-order valence-corrected chi connectivity index (χ3v) is 4.14. The number of halogens is 1. The Morgan fingerprint density at radius 2 is 2.04 bits per heavy atom. The molecule has 1 atom stereocenters. The molecule has 116 valence electrons. The number of aliphatic carboxylic acids is 1. The van der Waals surface area contributed by atoms with Crippen molar-refractivity contribution in [1.29, 1.82) is 5.26 Å². The van der Waals surface area contributed by atoms with Crippen molar-refractivity contribution in [3.63, 3.8) is 0 Å². The maximum atomic E-state index is 13.2. The van der Waals surface area contributed by atoms with Crippen molar-refractivity contribution < 1.29 is 19.0 Å². The van der Waals surface area contributed by atoms with Crippen LogP contribution in [0.3, 0.4) is 0 Å². The predicted octanol–water partition coefficient (Wildman–Crippen LogP) is 3.34. The largest absolute Gasteiger partial charge is 0.481 e. The van der Waals surface area contributed by atoms with Crippen LogP contribution in [0.5, 0.6) is 0 Å². The number of fused-ring (bicyclic) bond motifs is 1. The number of benzene rings is 2. The fourth-order valence-electron chi connectivity index (χ4n) is 3.05. The monoisotopic (exact) mass is 311 g/mol. The average Bonchev–Trinajstić information content (AvgIpc) is 2.92. The van der Waals surface area contributed by atoms with Gasteiger partial charge in [-0.3, -0.25) is 4.79 Å². The Labute approximate surface area is 132 Å². The Morgan fingerprint density at radius 1 is 1.30 bits per heavy atom. The summed E-state index contributed by atoms with van der Waals surface area (Å²) in [5, 5.41) is 18.1. The summed E-state index contributed by atoms with van der Waals surface area (Å²) in [7, 11) is 0. The smallest absolute Gasteiger partial charge is 0.303 e. The van der Waals surface area contributed by atoms with Crippen molar-refractivity contribution in [2.24, 2.45) is 0 Å². The molecule has 3 rings (SSSR count). The lowest BCUT2D eigenvalue weighted by Crippen LogP contribution is -2.28. The summed E-state index contributed by atoms with van der Waals surface area (Å²) >= 11 is 0. The lowest BCUT2D eigenvalue weighted by molar-refractivity contribution is -0.138. The van der Waals surface area contributed by atoms with Gasteiger partial charge in [0.25, 0.3) is 0 Å². The lowest BCUT2D eigenvalue weighted by atomic mass is 9.81. The summed E-state index contributed by atoms with van der Waals surface area (Å²) in [5.74, 6) is -1.28. The van der Waals surface area contributed by atoms with Crippen LogP contribution in [0.25, 0.3) is 0 Å². The molecule has 23 heavy (non-hydrogen) atoms. The zero-order chi connectivity index (χ0) is 16.4. The van der Waals surface area contributed by atoms with Crippen molar-refractivity contribution in [2.75, 3.05) is 0 Å². The molecule has 0 saturated carbocycles. The molecular weight excluding hydrogens is 297 g/mol. The SMILES string of the molecule is N#Cc1ccc2c(c1)CO[C@]2(CCC(=O)O)c1ccc(F)cc1. The summed E-state index contributed by atoms with van der Waals surface area (Å²) in [6.45, 7) is 0.294. The van der Waals surface area contributed by atoms with Gasteiger partial charge in [-0.25, -0.2) is 4.39 Å². The molecule has 0 aromatic heterocycles. The number of ether oxygens (including phenoxy) is 1. The molecule has 0 bridgehead atoms. The highest BCUT2D eigenvalue weighted by Crippen LogP contribution is 2.45.